The summed E-state index contributed by atoms with van der Waals surface area (Å²) in [5.41, 5.74) is 7.00. The van der Waals surface area contributed by atoms with Gasteiger partial charge in [-0.25, -0.2) is 9.98 Å². The Morgan fingerprint density at radius 2 is 2.23 bits per heavy atom. The van der Waals surface area contributed by atoms with E-state index in [0.717, 1.165) is 9.35 Å². The monoisotopic (exact) mass is 443 g/mol. The molecule has 1 fully saturated rings. The lowest BCUT2D eigenvalue weighted by Crippen LogP contribution is -2.56. The van der Waals surface area contributed by atoms with Crippen molar-refractivity contribution in [3.63, 3.8) is 0 Å². The molecule has 0 amide bonds. The third-order valence-electron chi connectivity index (χ3n) is 4.66. The van der Waals surface area contributed by atoms with E-state index in [9.17, 15) is 15.3 Å². The predicted molar refractivity (Wildman–Crippen MR) is 100 cm³/mol. The van der Waals surface area contributed by atoms with Crippen molar-refractivity contribution in [3.05, 3.63) is 20.8 Å². The largest absolute Gasteiger partial charge is 0.394 e. The number of nitrogens with two attached hydrogens (primary N) is 1. The highest BCUT2D eigenvalue weighted by Gasteiger charge is 2.50. The second-order valence-corrected chi connectivity index (χ2v) is 8.69. The molecule has 11 heteroatoms. The summed E-state index contributed by atoms with van der Waals surface area (Å²) >= 11 is 5.00. The summed E-state index contributed by atoms with van der Waals surface area (Å²) in [5, 5.41) is 31.5. The van der Waals surface area contributed by atoms with Crippen molar-refractivity contribution in [3.8, 4) is 0 Å². The van der Waals surface area contributed by atoms with Crippen LogP contribution in [0, 0.1) is 0 Å². The number of halogens is 1. The van der Waals surface area contributed by atoms with E-state index < -0.39 is 36.8 Å². The molecule has 26 heavy (non-hydrogen) atoms. The fourth-order valence-corrected chi connectivity index (χ4v) is 4.56. The molecule has 4 rings (SSSR count). The molecule has 1 aromatic heterocycles. The fourth-order valence-electron chi connectivity index (χ4n) is 3.35. The van der Waals surface area contributed by atoms with Gasteiger partial charge in [-0.2, -0.15) is 0 Å². The molecule has 1 unspecified atom stereocenters. The third-order valence-corrected chi connectivity index (χ3v) is 6.22. The van der Waals surface area contributed by atoms with E-state index in [-0.39, 0.29) is 6.67 Å². The summed E-state index contributed by atoms with van der Waals surface area (Å²) in [4.78, 5) is 14.7. The molecule has 9 nitrogen and oxygen atoms in total. The van der Waals surface area contributed by atoms with Crippen LogP contribution in [0.4, 0.5) is 0 Å². The normalized spacial score (nSPS) is 36.3. The SMILES string of the molecule is NC1(Cc2csc(Br)c2)N=CN=C2C1=NCN2[C@@H]1O[C@H](CO)[C@@H](O)[C@H]1O. The van der Waals surface area contributed by atoms with Crippen LogP contribution in [-0.4, -0.2) is 81.6 Å². The zero-order valence-electron chi connectivity index (χ0n) is 13.6. The molecule has 0 aromatic carbocycles. The standard InChI is InChI=1S/C15H18BrN5O4S/c16-9-1-7(4-26-9)2-15(17)12-13(18-5-20-15)21(6-19-12)14-11(24)10(23)8(3-22)25-14/h1,4-5,8,10-11,14,22-24H,2-3,6,17H2/t8-,10-,11-,14-,15?/m1/s1. The first-order valence-electron chi connectivity index (χ1n) is 8.00. The van der Waals surface area contributed by atoms with Crippen LogP contribution in [0.1, 0.15) is 5.56 Å². The van der Waals surface area contributed by atoms with Gasteiger partial charge in [-0.15, -0.1) is 11.3 Å². The topological polar surface area (TPSA) is 136 Å². The predicted octanol–water partition coefficient (Wildman–Crippen LogP) is -0.698. The lowest BCUT2D eigenvalue weighted by molar-refractivity contribution is -0.0688. The van der Waals surface area contributed by atoms with Crippen molar-refractivity contribution in [2.24, 2.45) is 20.7 Å². The summed E-state index contributed by atoms with van der Waals surface area (Å²) in [5.74, 6) is 0.464. The average molecular weight is 444 g/mol. The van der Waals surface area contributed by atoms with Crippen molar-refractivity contribution >= 4 is 45.2 Å². The van der Waals surface area contributed by atoms with Crippen LogP contribution in [-0.2, 0) is 11.2 Å². The molecule has 3 aliphatic rings. The molecular weight excluding hydrogens is 426 g/mol. The van der Waals surface area contributed by atoms with Crippen LogP contribution in [0.2, 0.25) is 0 Å². The van der Waals surface area contributed by atoms with Gasteiger partial charge in [-0.3, -0.25) is 4.99 Å². The van der Waals surface area contributed by atoms with E-state index in [1.807, 2.05) is 11.4 Å². The number of ether oxygens (including phenoxy) is 1. The van der Waals surface area contributed by atoms with Crippen LogP contribution >= 0.6 is 27.3 Å². The van der Waals surface area contributed by atoms with Gasteiger partial charge in [-0.1, -0.05) is 0 Å². The number of aliphatic imine (C=N–C) groups is 3. The highest BCUT2D eigenvalue weighted by molar-refractivity contribution is 9.11. The Balaban J connectivity index is 1.57. The van der Waals surface area contributed by atoms with Crippen molar-refractivity contribution in [2.45, 2.75) is 36.6 Å². The first-order valence-corrected chi connectivity index (χ1v) is 9.68. The molecule has 1 saturated heterocycles. The first-order chi connectivity index (χ1) is 12.4. The Labute approximate surface area is 161 Å². The Kier molecular flexibility index (Phi) is 4.72. The van der Waals surface area contributed by atoms with E-state index in [1.165, 1.54) is 6.34 Å². The van der Waals surface area contributed by atoms with E-state index in [2.05, 4.69) is 30.9 Å². The minimum Gasteiger partial charge on any atom is -0.394 e. The molecule has 0 saturated carbocycles. The van der Waals surface area contributed by atoms with E-state index >= 15 is 0 Å². The van der Waals surface area contributed by atoms with Gasteiger partial charge in [0.1, 0.15) is 37.0 Å². The van der Waals surface area contributed by atoms with Crippen molar-refractivity contribution in [2.75, 3.05) is 13.3 Å². The number of aliphatic hydroxyl groups excluding tert-OH is 3. The van der Waals surface area contributed by atoms with Gasteiger partial charge >= 0.3 is 0 Å². The smallest absolute Gasteiger partial charge is 0.162 e. The van der Waals surface area contributed by atoms with Gasteiger partial charge in [0.05, 0.1) is 10.4 Å². The molecule has 5 atom stereocenters. The average Bonchev–Trinajstić information content (AvgIpc) is 3.28. The number of thiophene rings is 1. The zero-order valence-corrected chi connectivity index (χ0v) is 16.0. The maximum atomic E-state index is 10.3. The van der Waals surface area contributed by atoms with Gasteiger partial charge in [0.25, 0.3) is 0 Å². The van der Waals surface area contributed by atoms with E-state index in [0.29, 0.717) is 18.0 Å². The Morgan fingerprint density at radius 3 is 2.88 bits per heavy atom. The molecule has 0 aliphatic carbocycles. The summed E-state index contributed by atoms with van der Waals surface area (Å²) in [7, 11) is 0. The second-order valence-electron chi connectivity index (χ2n) is 6.40. The van der Waals surface area contributed by atoms with Crippen LogP contribution in [0.3, 0.4) is 0 Å². The molecule has 4 heterocycles. The zero-order chi connectivity index (χ0) is 18.5. The molecule has 0 spiro atoms. The minimum atomic E-state index is -1.19. The van der Waals surface area contributed by atoms with E-state index in [1.54, 1.807) is 16.2 Å². The van der Waals surface area contributed by atoms with Crippen molar-refractivity contribution in [1.29, 1.82) is 0 Å². The number of aliphatic hydroxyl groups is 3. The van der Waals surface area contributed by atoms with Gasteiger partial charge in [0.15, 0.2) is 17.7 Å². The van der Waals surface area contributed by atoms with Crippen LogP contribution in [0.15, 0.2) is 30.2 Å². The Morgan fingerprint density at radius 1 is 1.42 bits per heavy atom. The Bertz CT molecular complexity index is 799. The maximum absolute atomic E-state index is 10.3. The molecule has 0 radical (unpaired) electrons. The molecule has 140 valence electrons. The highest BCUT2D eigenvalue weighted by atomic mass is 79.9. The number of hydrogen-bond donors (Lipinski definition) is 4. The summed E-state index contributed by atoms with van der Waals surface area (Å²) in [6.45, 7) is -0.214. The Hall–Kier alpha value is -1.21. The quantitative estimate of drug-likeness (QED) is 0.485. The number of rotatable bonds is 4. The van der Waals surface area contributed by atoms with Gasteiger partial charge in [0, 0.05) is 6.42 Å². The van der Waals surface area contributed by atoms with E-state index in [4.69, 9.17) is 10.5 Å². The minimum absolute atomic E-state index is 0.177. The summed E-state index contributed by atoms with van der Waals surface area (Å²) < 4.78 is 6.60. The lowest BCUT2D eigenvalue weighted by Gasteiger charge is -2.32. The van der Waals surface area contributed by atoms with Gasteiger partial charge in [0.2, 0.25) is 0 Å². The molecular formula is C15H18BrN5O4S. The van der Waals surface area contributed by atoms with Gasteiger partial charge in [-0.05, 0) is 32.9 Å². The van der Waals surface area contributed by atoms with Crippen LogP contribution < -0.4 is 5.73 Å². The second kappa shape index (κ2) is 6.75. The fraction of sp³-hybridized carbons (Fsp3) is 0.533. The molecule has 0 bridgehead atoms. The highest BCUT2D eigenvalue weighted by Crippen LogP contribution is 2.31. The lowest BCUT2D eigenvalue weighted by atomic mass is 9.96. The van der Waals surface area contributed by atoms with Crippen molar-refractivity contribution in [1.82, 2.24) is 4.90 Å². The molecule has 5 N–H and O–H groups in total. The first kappa shape index (κ1) is 18.2. The number of nitrogens with zero attached hydrogens (tertiary/aromatic N) is 4. The van der Waals surface area contributed by atoms with Crippen LogP contribution in [0.25, 0.3) is 0 Å². The summed E-state index contributed by atoms with van der Waals surface area (Å²) in [6, 6.07) is 1.99. The third kappa shape index (κ3) is 2.93. The number of amidine groups is 1. The maximum Gasteiger partial charge on any atom is 0.162 e. The van der Waals surface area contributed by atoms with Crippen molar-refractivity contribution < 1.29 is 20.1 Å². The van der Waals surface area contributed by atoms with Crippen LogP contribution in [0.5, 0.6) is 0 Å². The summed E-state index contributed by atoms with van der Waals surface area (Å²) in [6.07, 6.45) is -2.26. The van der Waals surface area contributed by atoms with Gasteiger partial charge < -0.3 is 30.7 Å². The molecule has 3 aliphatic heterocycles. The number of hydrogen-bond acceptors (Lipinski definition) is 10. The number of fused-ring (bicyclic) bond motifs is 1. The molecule has 1 aromatic rings.